The van der Waals surface area contributed by atoms with Crippen LogP contribution in [-0.4, -0.2) is 48.2 Å². The Kier molecular flexibility index (Phi) is 5.31. The summed E-state index contributed by atoms with van der Waals surface area (Å²) in [6.45, 7) is 3.65. The molecule has 1 aliphatic heterocycles. The Hall–Kier alpha value is -1.85. The molecule has 5 heteroatoms. The third kappa shape index (κ3) is 3.74. The van der Waals surface area contributed by atoms with Gasteiger partial charge in [-0.2, -0.15) is 0 Å². The summed E-state index contributed by atoms with van der Waals surface area (Å²) < 4.78 is 19.3. The van der Waals surface area contributed by atoms with Gasteiger partial charge in [0, 0.05) is 44.1 Å². The van der Waals surface area contributed by atoms with Gasteiger partial charge in [0.25, 0.3) is 0 Å². The van der Waals surface area contributed by atoms with Gasteiger partial charge < -0.3 is 9.64 Å². The first kappa shape index (κ1) is 16.0. The number of hydrogen-bond donors (Lipinski definition) is 0. The van der Waals surface area contributed by atoms with Gasteiger partial charge in [-0.25, -0.2) is 4.39 Å². The van der Waals surface area contributed by atoms with Crippen LogP contribution in [0.4, 0.5) is 4.39 Å². The third-order valence-electron chi connectivity index (χ3n) is 4.36. The van der Waals surface area contributed by atoms with Crippen molar-refractivity contribution in [2.45, 2.75) is 18.8 Å². The minimum atomic E-state index is -0.249. The van der Waals surface area contributed by atoms with Gasteiger partial charge >= 0.3 is 0 Å². The Labute approximate surface area is 136 Å². The fourth-order valence-electron chi connectivity index (χ4n) is 3.21. The predicted molar refractivity (Wildman–Crippen MR) is 87.7 cm³/mol. The summed E-state index contributed by atoms with van der Waals surface area (Å²) in [5.74, 6) is 0.0326. The fourth-order valence-corrected chi connectivity index (χ4v) is 3.21. The van der Waals surface area contributed by atoms with E-state index in [1.54, 1.807) is 31.6 Å². The number of hydrogen-bond acceptors (Lipinski definition) is 4. The largest absolute Gasteiger partial charge is 0.383 e. The van der Waals surface area contributed by atoms with Gasteiger partial charge in [-0.05, 0) is 31.5 Å². The maximum absolute atomic E-state index is 14.2. The molecule has 0 saturated carbocycles. The Morgan fingerprint density at radius 1 is 1.26 bits per heavy atom. The minimum absolute atomic E-state index is 0.249. The van der Waals surface area contributed by atoms with Crippen molar-refractivity contribution in [1.82, 2.24) is 14.9 Å². The normalized spacial score (nSPS) is 19.0. The van der Waals surface area contributed by atoms with Crippen LogP contribution in [0.2, 0.25) is 0 Å². The molecule has 4 nitrogen and oxygen atoms in total. The Bertz CT molecular complexity index is 650. The lowest BCUT2D eigenvalue weighted by Gasteiger charge is -2.32. The second-order valence-electron chi connectivity index (χ2n) is 5.90. The predicted octanol–water partition coefficient (Wildman–Crippen LogP) is 3.11. The molecule has 1 aliphatic rings. The summed E-state index contributed by atoms with van der Waals surface area (Å²) in [5.41, 5.74) is 2.11. The van der Waals surface area contributed by atoms with Crippen molar-refractivity contribution in [3.05, 3.63) is 48.2 Å². The Morgan fingerprint density at radius 3 is 2.91 bits per heavy atom. The van der Waals surface area contributed by atoms with E-state index in [0.29, 0.717) is 11.3 Å². The van der Waals surface area contributed by atoms with E-state index in [1.165, 1.54) is 6.07 Å². The highest BCUT2D eigenvalue weighted by Gasteiger charge is 2.25. The van der Waals surface area contributed by atoms with Crippen molar-refractivity contribution < 1.29 is 9.13 Å². The number of halogens is 1. The van der Waals surface area contributed by atoms with Crippen molar-refractivity contribution in [2.24, 2.45) is 0 Å². The van der Waals surface area contributed by atoms with Crippen molar-refractivity contribution in [3.8, 4) is 11.3 Å². The molecule has 0 radical (unpaired) electrons. The molecule has 2 heterocycles. The number of nitrogens with zero attached hydrogens (tertiary/aromatic N) is 3. The number of likely N-dealkylation sites (tertiary alicyclic amines) is 1. The zero-order valence-corrected chi connectivity index (χ0v) is 13.4. The molecule has 1 fully saturated rings. The summed E-state index contributed by atoms with van der Waals surface area (Å²) in [4.78, 5) is 11.4. The van der Waals surface area contributed by atoms with Gasteiger partial charge in [0.2, 0.25) is 0 Å². The summed E-state index contributed by atoms with van der Waals surface area (Å²) >= 11 is 0. The SMILES string of the molecule is COCCN1CCC[C@H](c2nccnc2-c2ccccc2F)C1. The summed E-state index contributed by atoms with van der Waals surface area (Å²) in [6, 6.07) is 6.78. The molecule has 1 aromatic heterocycles. The molecule has 0 spiro atoms. The Morgan fingerprint density at radius 2 is 2.09 bits per heavy atom. The van der Waals surface area contributed by atoms with Crippen LogP contribution in [0.3, 0.4) is 0 Å². The van der Waals surface area contributed by atoms with Gasteiger partial charge in [0.15, 0.2) is 0 Å². The van der Waals surface area contributed by atoms with E-state index in [0.717, 1.165) is 44.8 Å². The molecular formula is C18H22FN3O. The molecule has 0 N–H and O–H groups in total. The zero-order valence-electron chi connectivity index (χ0n) is 13.4. The van der Waals surface area contributed by atoms with Crippen LogP contribution in [0.25, 0.3) is 11.3 Å². The Balaban J connectivity index is 1.87. The highest BCUT2D eigenvalue weighted by Crippen LogP contribution is 2.32. The van der Waals surface area contributed by atoms with Crippen LogP contribution in [0.5, 0.6) is 0 Å². The monoisotopic (exact) mass is 315 g/mol. The molecule has 1 aromatic carbocycles. The van der Waals surface area contributed by atoms with Crippen LogP contribution in [0, 0.1) is 5.82 Å². The molecular weight excluding hydrogens is 293 g/mol. The van der Waals surface area contributed by atoms with Gasteiger partial charge in [-0.15, -0.1) is 0 Å². The number of ether oxygens (including phenoxy) is 1. The fraction of sp³-hybridized carbons (Fsp3) is 0.444. The van der Waals surface area contributed by atoms with E-state index < -0.39 is 0 Å². The molecule has 122 valence electrons. The first-order valence-corrected chi connectivity index (χ1v) is 8.06. The quantitative estimate of drug-likeness (QED) is 0.850. The van der Waals surface area contributed by atoms with Gasteiger partial charge in [-0.1, -0.05) is 12.1 Å². The maximum Gasteiger partial charge on any atom is 0.132 e. The molecule has 0 amide bonds. The van der Waals surface area contributed by atoms with Crippen molar-refractivity contribution in [3.63, 3.8) is 0 Å². The topological polar surface area (TPSA) is 38.2 Å². The lowest BCUT2D eigenvalue weighted by molar-refractivity contribution is 0.127. The van der Waals surface area contributed by atoms with E-state index in [1.807, 2.05) is 6.07 Å². The van der Waals surface area contributed by atoms with E-state index in [4.69, 9.17) is 4.74 Å². The van der Waals surface area contributed by atoms with Gasteiger partial charge in [-0.3, -0.25) is 9.97 Å². The lowest BCUT2D eigenvalue weighted by Crippen LogP contribution is -2.37. The van der Waals surface area contributed by atoms with E-state index >= 15 is 0 Å². The highest BCUT2D eigenvalue weighted by molar-refractivity contribution is 5.62. The summed E-state index contributed by atoms with van der Waals surface area (Å²) in [5, 5.41) is 0. The molecule has 0 aliphatic carbocycles. The van der Waals surface area contributed by atoms with Crippen molar-refractivity contribution in [1.29, 1.82) is 0 Å². The van der Waals surface area contributed by atoms with Crippen LogP contribution in [0.1, 0.15) is 24.5 Å². The van der Waals surface area contributed by atoms with Gasteiger partial charge in [0.05, 0.1) is 18.0 Å². The number of rotatable bonds is 5. The first-order valence-electron chi connectivity index (χ1n) is 8.06. The van der Waals surface area contributed by atoms with Crippen LogP contribution >= 0.6 is 0 Å². The zero-order chi connectivity index (χ0) is 16.1. The van der Waals surface area contributed by atoms with Crippen LogP contribution in [-0.2, 0) is 4.74 Å². The standard InChI is InChI=1S/C18H22FN3O/c1-23-12-11-22-10-4-5-14(13-22)17-18(21-9-8-20-17)15-6-2-3-7-16(15)19/h2-3,6-9,14H,4-5,10-13H2,1H3/t14-/m0/s1. The second-order valence-corrected chi connectivity index (χ2v) is 5.90. The van der Waals surface area contributed by atoms with Crippen LogP contribution in [0.15, 0.2) is 36.7 Å². The van der Waals surface area contributed by atoms with Crippen LogP contribution < -0.4 is 0 Å². The van der Waals surface area contributed by atoms with Crippen molar-refractivity contribution in [2.75, 3.05) is 33.4 Å². The van der Waals surface area contributed by atoms with E-state index in [2.05, 4.69) is 14.9 Å². The van der Waals surface area contributed by atoms with Crippen molar-refractivity contribution >= 4 is 0 Å². The number of aromatic nitrogens is 2. The smallest absolute Gasteiger partial charge is 0.132 e. The van der Waals surface area contributed by atoms with E-state index in [9.17, 15) is 4.39 Å². The molecule has 1 saturated heterocycles. The molecule has 2 aromatic rings. The first-order chi connectivity index (χ1) is 11.3. The summed E-state index contributed by atoms with van der Waals surface area (Å²) in [7, 11) is 1.72. The van der Waals surface area contributed by atoms with E-state index in [-0.39, 0.29) is 11.7 Å². The average Bonchev–Trinajstić information content (AvgIpc) is 2.61. The second kappa shape index (κ2) is 7.62. The molecule has 23 heavy (non-hydrogen) atoms. The number of methoxy groups -OCH3 is 1. The molecule has 1 atom stereocenters. The molecule has 0 bridgehead atoms. The summed E-state index contributed by atoms with van der Waals surface area (Å²) in [6.07, 6.45) is 5.51. The lowest BCUT2D eigenvalue weighted by atomic mass is 9.91. The maximum atomic E-state index is 14.2. The average molecular weight is 315 g/mol. The number of benzene rings is 1. The molecule has 0 unspecified atom stereocenters. The highest BCUT2D eigenvalue weighted by atomic mass is 19.1. The minimum Gasteiger partial charge on any atom is -0.383 e. The third-order valence-corrected chi connectivity index (χ3v) is 4.36. The number of piperidine rings is 1. The van der Waals surface area contributed by atoms with Gasteiger partial charge in [0.1, 0.15) is 5.82 Å². The molecule has 3 rings (SSSR count).